The molecule has 2 atom stereocenters. The number of sulfonamides is 1. The quantitative estimate of drug-likeness (QED) is 0.514. The number of aryl methyl sites for hydroxylation is 1. The van der Waals surface area contributed by atoms with Gasteiger partial charge in [0.1, 0.15) is 17.2 Å². The van der Waals surface area contributed by atoms with Crippen molar-refractivity contribution >= 4 is 33.7 Å². The van der Waals surface area contributed by atoms with E-state index in [4.69, 9.17) is 4.74 Å². The molecule has 0 aliphatic carbocycles. The Morgan fingerprint density at radius 3 is 2.31 bits per heavy atom. The summed E-state index contributed by atoms with van der Waals surface area (Å²) in [6.45, 7) is 8.85. The van der Waals surface area contributed by atoms with E-state index in [1.54, 1.807) is 52.0 Å². The van der Waals surface area contributed by atoms with Crippen molar-refractivity contribution in [2.24, 2.45) is 0 Å². The maximum Gasteiger partial charge on any atom is 0.329 e. The number of hydrogen-bond acceptors (Lipinski definition) is 7. The van der Waals surface area contributed by atoms with Gasteiger partial charge in [-0.05, 0) is 64.4 Å². The van der Waals surface area contributed by atoms with E-state index < -0.39 is 38.9 Å². The molecule has 10 heteroatoms. The van der Waals surface area contributed by atoms with Gasteiger partial charge in [0, 0.05) is 17.7 Å². The van der Waals surface area contributed by atoms with Gasteiger partial charge >= 0.3 is 5.97 Å². The first-order valence-corrected chi connectivity index (χ1v) is 13.8. The van der Waals surface area contributed by atoms with Crippen molar-refractivity contribution in [1.82, 2.24) is 9.62 Å². The molecule has 0 saturated carbocycles. The molecule has 8 nitrogen and oxygen atoms in total. The van der Waals surface area contributed by atoms with E-state index in [1.165, 1.54) is 40.3 Å². The summed E-state index contributed by atoms with van der Waals surface area (Å²) in [6, 6.07) is 11.8. The average molecular weight is 521 g/mol. The van der Waals surface area contributed by atoms with Crippen LogP contribution in [0.15, 0.2) is 53.4 Å². The fourth-order valence-corrected chi connectivity index (χ4v) is 7.53. The van der Waals surface area contributed by atoms with Gasteiger partial charge in [0.2, 0.25) is 15.9 Å². The van der Waals surface area contributed by atoms with Crippen LogP contribution < -0.4 is 5.32 Å². The number of benzene rings is 2. The summed E-state index contributed by atoms with van der Waals surface area (Å²) < 4.78 is 33.7. The number of nitrogens with one attached hydrogen (secondary N) is 1. The molecule has 0 aromatic heterocycles. The van der Waals surface area contributed by atoms with Crippen LogP contribution in [0.1, 0.15) is 38.8 Å². The van der Waals surface area contributed by atoms with Crippen LogP contribution in [0, 0.1) is 6.92 Å². The number of nitrogens with zero attached hydrogens (tertiary/aromatic N) is 1. The fourth-order valence-electron chi connectivity index (χ4n) is 3.81. The van der Waals surface area contributed by atoms with E-state index >= 15 is 0 Å². The topological polar surface area (TPSA) is 113 Å². The van der Waals surface area contributed by atoms with Crippen molar-refractivity contribution in [2.75, 3.05) is 5.75 Å². The molecule has 1 amide bonds. The van der Waals surface area contributed by atoms with Gasteiger partial charge in [-0.2, -0.15) is 4.31 Å². The third-order valence-electron chi connectivity index (χ3n) is 5.54. The Labute approximate surface area is 211 Å². The molecular formula is C25H32N2O6S2. The molecule has 1 aliphatic rings. The highest BCUT2D eigenvalue weighted by Gasteiger charge is 2.51. The summed E-state index contributed by atoms with van der Waals surface area (Å²) in [4.78, 5) is 26.4. The average Bonchev–Trinajstić information content (AvgIpc) is 3.10. The lowest BCUT2D eigenvalue weighted by Gasteiger charge is -2.33. The Balaban J connectivity index is 1.88. The van der Waals surface area contributed by atoms with E-state index in [1.807, 2.05) is 6.92 Å². The highest BCUT2D eigenvalue weighted by Crippen LogP contribution is 2.41. The molecule has 3 rings (SSSR count). The number of amides is 1. The summed E-state index contributed by atoms with van der Waals surface area (Å²) >= 11 is 1.22. The number of aromatic hydroxyl groups is 1. The number of ether oxygens (including phenoxy) is 1. The highest BCUT2D eigenvalue weighted by atomic mass is 32.2. The van der Waals surface area contributed by atoms with Gasteiger partial charge in [-0.1, -0.05) is 29.8 Å². The van der Waals surface area contributed by atoms with Gasteiger partial charge in [-0.15, -0.1) is 11.8 Å². The minimum atomic E-state index is -3.99. The van der Waals surface area contributed by atoms with Gasteiger partial charge in [-0.3, -0.25) is 4.79 Å². The van der Waals surface area contributed by atoms with Crippen LogP contribution in [0.2, 0.25) is 0 Å². The van der Waals surface area contributed by atoms with Gasteiger partial charge in [-0.25, -0.2) is 13.2 Å². The van der Waals surface area contributed by atoms with Crippen molar-refractivity contribution in [3.8, 4) is 5.75 Å². The Morgan fingerprint density at radius 1 is 1.14 bits per heavy atom. The number of phenolic OH excluding ortho intramolecular Hbond substituents is 1. The molecule has 1 saturated heterocycles. The molecular weight excluding hydrogens is 488 g/mol. The van der Waals surface area contributed by atoms with Crippen LogP contribution in [0.3, 0.4) is 0 Å². The zero-order valence-electron chi connectivity index (χ0n) is 20.5. The minimum absolute atomic E-state index is 0.0839. The van der Waals surface area contributed by atoms with Crippen molar-refractivity contribution in [3.63, 3.8) is 0 Å². The normalized spacial score (nSPS) is 18.9. The summed E-state index contributed by atoms with van der Waals surface area (Å²) in [6.07, 6.45) is -0.261. The first kappa shape index (κ1) is 27.0. The minimum Gasteiger partial charge on any atom is -0.508 e. The Kier molecular flexibility index (Phi) is 8.18. The number of rotatable bonds is 8. The highest BCUT2D eigenvalue weighted by molar-refractivity contribution is 8.02. The molecule has 2 N–H and O–H groups in total. The van der Waals surface area contributed by atoms with Crippen LogP contribution in [0.4, 0.5) is 0 Å². The van der Waals surface area contributed by atoms with E-state index in [0.29, 0.717) is 11.3 Å². The first-order chi connectivity index (χ1) is 16.3. The number of carbonyl (C=O) groups is 2. The van der Waals surface area contributed by atoms with E-state index in [9.17, 15) is 23.1 Å². The van der Waals surface area contributed by atoms with Crippen LogP contribution in [0.25, 0.3) is 0 Å². The van der Waals surface area contributed by atoms with E-state index in [2.05, 4.69) is 5.32 Å². The van der Waals surface area contributed by atoms with Gasteiger partial charge in [0.25, 0.3) is 0 Å². The number of thioether (sulfide) groups is 1. The number of esters is 1. The second kappa shape index (κ2) is 10.6. The van der Waals surface area contributed by atoms with Crippen LogP contribution >= 0.6 is 11.8 Å². The maximum atomic E-state index is 13.6. The summed E-state index contributed by atoms with van der Waals surface area (Å²) in [5.74, 6) is -0.701. The molecule has 190 valence electrons. The molecule has 2 aromatic rings. The van der Waals surface area contributed by atoms with E-state index in [-0.39, 0.29) is 23.2 Å². The third-order valence-corrected chi connectivity index (χ3v) is 9.37. The zero-order chi connectivity index (χ0) is 26.0. The standard InChI is InChI=1S/C25H32N2O6S2/c1-16(2)33-24(30)21(14-18-8-10-19(28)11-9-18)26-22(29)23-27(25(4,5)15-34-23)35(31,32)20-12-6-17(3)7-13-20/h6-13,16,21,23,28H,14-15H2,1-5H3,(H,26,29)/t21-,23-/m0/s1. The fraction of sp³-hybridized carbons (Fsp3) is 0.440. The number of carbonyl (C=O) groups excluding carboxylic acids is 2. The lowest BCUT2D eigenvalue weighted by molar-refractivity contribution is -0.151. The monoisotopic (exact) mass is 520 g/mol. The van der Waals surface area contributed by atoms with Gasteiger partial charge < -0.3 is 15.2 Å². The third kappa shape index (κ3) is 6.36. The molecule has 0 bridgehead atoms. The summed E-state index contributed by atoms with van der Waals surface area (Å²) in [5, 5.41) is 11.2. The lowest BCUT2D eigenvalue weighted by atomic mass is 10.1. The number of phenols is 1. The second-order valence-corrected chi connectivity index (χ2v) is 12.4. The van der Waals surface area contributed by atoms with Crippen molar-refractivity contribution in [3.05, 3.63) is 59.7 Å². The van der Waals surface area contributed by atoms with Gasteiger partial charge in [0.15, 0.2) is 0 Å². The molecule has 35 heavy (non-hydrogen) atoms. The van der Waals surface area contributed by atoms with Crippen molar-refractivity contribution in [2.45, 2.75) is 69.0 Å². The van der Waals surface area contributed by atoms with Crippen molar-refractivity contribution < 1.29 is 27.9 Å². The van der Waals surface area contributed by atoms with Crippen LogP contribution in [0.5, 0.6) is 5.75 Å². The largest absolute Gasteiger partial charge is 0.508 e. The molecule has 0 radical (unpaired) electrons. The van der Waals surface area contributed by atoms with E-state index in [0.717, 1.165) is 5.56 Å². The Hall–Kier alpha value is -2.56. The van der Waals surface area contributed by atoms with Crippen LogP contribution in [-0.2, 0) is 30.8 Å². The SMILES string of the molecule is Cc1ccc(S(=O)(=O)N2[C@H](C(=O)N[C@@H](Cc3ccc(O)cc3)C(=O)OC(C)C)SCC2(C)C)cc1. The summed E-state index contributed by atoms with van der Waals surface area (Å²) in [5.41, 5.74) is 0.813. The Morgan fingerprint density at radius 2 is 1.74 bits per heavy atom. The van der Waals surface area contributed by atoms with Gasteiger partial charge in [0.05, 0.1) is 11.0 Å². The predicted molar refractivity (Wildman–Crippen MR) is 135 cm³/mol. The molecule has 2 aromatic carbocycles. The molecule has 1 aliphatic heterocycles. The maximum absolute atomic E-state index is 13.6. The predicted octanol–water partition coefficient (Wildman–Crippen LogP) is 3.22. The molecule has 0 unspecified atom stereocenters. The van der Waals surface area contributed by atoms with Crippen LogP contribution in [-0.4, -0.2) is 58.5 Å². The first-order valence-electron chi connectivity index (χ1n) is 11.3. The smallest absolute Gasteiger partial charge is 0.329 e. The second-order valence-electron chi connectivity index (χ2n) is 9.51. The zero-order valence-corrected chi connectivity index (χ0v) is 22.2. The molecule has 0 spiro atoms. The summed E-state index contributed by atoms with van der Waals surface area (Å²) in [7, 11) is -3.99. The number of hydrogen-bond donors (Lipinski definition) is 2. The molecule has 1 heterocycles. The van der Waals surface area contributed by atoms with Crippen molar-refractivity contribution in [1.29, 1.82) is 0 Å². The Bertz CT molecular complexity index is 1160. The molecule has 1 fully saturated rings. The lowest BCUT2D eigenvalue weighted by Crippen LogP contribution is -2.55.